The van der Waals surface area contributed by atoms with Crippen LogP contribution in [0.2, 0.25) is 0 Å². The zero-order valence-electron chi connectivity index (χ0n) is 13.6. The second kappa shape index (κ2) is 6.00. The Kier molecular flexibility index (Phi) is 4.19. The van der Waals surface area contributed by atoms with Crippen LogP contribution >= 0.6 is 0 Å². The molecule has 1 aliphatic rings. The minimum Gasteiger partial charge on any atom is -0.339 e. The third-order valence-corrected chi connectivity index (χ3v) is 4.16. The van der Waals surface area contributed by atoms with Crippen LogP contribution in [0.5, 0.6) is 0 Å². The van der Waals surface area contributed by atoms with Gasteiger partial charge in [0.25, 0.3) is 0 Å². The topological polar surface area (TPSA) is 42.2 Å². The molecule has 0 aliphatic carbocycles. The Balaban J connectivity index is 1.67. The summed E-state index contributed by atoms with van der Waals surface area (Å²) in [4.78, 5) is 6.58. The average Bonchev–Trinajstić information content (AvgIpc) is 3.12. The van der Waals surface area contributed by atoms with Crippen molar-refractivity contribution in [2.75, 3.05) is 13.1 Å². The minimum atomic E-state index is -0.801. The molecular formula is C17H21F2N3O. The van der Waals surface area contributed by atoms with Crippen molar-refractivity contribution in [3.8, 4) is 0 Å². The van der Waals surface area contributed by atoms with E-state index in [1.807, 2.05) is 20.8 Å². The van der Waals surface area contributed by atoms with Gasteiger partial charge in [-0.25, -0.2) is 8.78 Å². The second-order valence-corrected chi connectivity index (χ2v) is 7.14. The first-order valence-electron chi connectivity index (χ1n) is 7.84. The van der Waals surface area contributed by atoms with E-state index in [1.54, 1.807) is 6.07 Å². The summed E-state index contributed by atoms with van der Waals surface area (Å²) < 4.78 is 32.4. The number of halogens is 2. The van der Waals surface area contributed by atoms with Crippen molar-refractivity contribution < 1.29 is 13.3 Å². The Bertz CT molecular complexity index is 693. The van der Waals surface area contributed by atoms with Gasteiger partial charge in [0.05, 0.1) is 5.92 Å². The number of aromatic nitrogens is 2. The molecule has 1 atom stereocenters. The van der Waals surface area contributed by atoms with Crippen molar-refractivity contribution in [1.29, 1.82) is 0 Å². The van der Waals surface area contributed by atoms with E-state index in [0.717, 1.165) is 19.0 Å². The van der Waals surface area contributed by atoms with Gasteiger partial charge in [-0.3, -0.25) is 4.90 Å². The maximum atomic E-state index is 13.8. The molecule has 2 aromatic rings. The molecule has 124 valence electrons. The minimum absolute atomic E-state index is 0.148. The number of hydrogen-bond acceptors (Lipinski definition) is 4. The fourth-order valence-corrected chi connectivity index (χ4v) is 2.79. The first kappa shape index (κ1) is 16.1. The van der Waals surface area contributed by atoms with Gasteiger partial charge >= 0.3 is 0 Å². The quantitative estimate of drug-likeness (QED) is 0.865. The molecule has 0 saturated carbocycles. The Hall–Kier alpha value is -1.82. The normalized spacial score (nSPS) is 19.4. The predicted octanol–water partition coefficient (Wildman–Crippen LogP) is 3.63. The zero-order valence-corrected chi connectivity index (χ0v) is 13.6. The van der Waals surface area contributed by atoms with E-state index in [0.29, 0.717) is 30.4 Å². The molecule has 1 aromatic heterocycles. The van der Waals surface area contributed by atoms with Gasteiger partial charge in [0, 0.05) is 24.1 Å². The highest BCUT2D eigenvalue weighted by atomic mass is 19.2. The summed E-state index contributed by atoms with van der Waals surface area (Å²) in [6, 6.07) is 4.29. The van der Waals surface area contributed by atoms with Crippen LogP contribution in [0.1, 0.15) is 50.4 Å². The van der Waals surface area contributed by atoms with E-state index < -0.39 is 11.6 Å². The van der Waals surface area contributed by atoms with E-state index in [9.17, 15) is 8.78 Å². The summed E-state index contributed by atoms with van der Waals surface area (Å²) in [6.07, 6.45) is 0.878. The molecule has 1 saturated heterocycles. The Morgan fingerprint density at radius 2 is 2.09 bits per heavy atom. The van der Waals surface area contributed by atoms with E-state index in [-0.39, 0.29) is 11.3 Å². The molecule has 3 rings (SSSR count). The van der Waals surface area contributed by atoms with Gasteiger partial charge in [0.2, 0.25) is 5.89 Å². The van der Waals surface area contributed by atoms with Crippen LogP contribution in [0.15, 0.2) is 22.7 Å². The first-order valence-corrected chi connectivity index (χ1v) is 7.84. The van der Waals surface area contributed by atoms with Crippen LogP contribution in [-0.2, 0) is 12.0 Å². The molecule has 23 heavy (non-hydrogen) atoms. The molecule has 0 N–H and O–H groups in total. The van der Waals surface area contributed by atoms with Crippen LogP contribution in [0.3, 0.4) is 0 Å². The summed E-state index contributed by atoms with van der Waals surface area (Å²) in [5, 5.41) is 4.05. The van der Waals surface area contributed by atoms with Crippen LogP contribution in [0, 0.1) is 11.6 Å². The largest absolute Gasteiger partial charge is 0.339 e. The predicted molar refractivity (Wildman–Crippen MR) is 82.0 cm³/mol. The number of benzene rings is 1. The van der Waals surface area contributed by atoms with E-state index in [4.69, 9.17) is 4.52 Å². The fraction of sp³-hybridized carbons (Fsp3) is 0.529. The van der Waals surface area contributed by atoms with Gasteiger partial charge in [-0.2, -0.15) is 4.98 Å². The van der Waals surface area contributed by atoms with Gasteiger partial charge in [0.15, 0.2) is 17.5 Å². The van der Waals surface area contributed by atoms with Crippen LogP contribution in [0.25, 0.3) is 0 Å². The van der Waals surface area contributed by atoms with Crippen LogP contribution in [-0.4, -0.2) is 28.1 Å². The maximum Gasteiger partial charge on any atom is 0.231 e. The summed E-state index contributed by atoms with van der Waals surface area (Å²) in [5.74, 6) is -0.0804. The van der Waals surface area contributed by atoms with Gasteiger partial charge in [-0.1, -0.05) is 38.1 Å². The third kappa shape index (κ3) is 3.42. The Morgan fingerprint density at radius 3 is 2.78 bits per heavy atom. The fourth-order valence-electron chi connectivity index (χ4n) is 2.79. The highest BCUT2D eigenvalue weighted by Crippen LogP contribution is 2.29. The molecule has 2 heterocycles. The van der Waals surface area contributed by atoms with Crippen molar-refractivity contribution in [3.05, 3.63) is 47.1 Å². The number of hydrogen-bond donors (Lipinski definition) is 0. The van der Waals surface area contributed by atoms with Gasteiger partial charge < -0.3 is 4.52 Å². The average molecular weight is 321 g/mol. The summed E-state index contributed by atoms with van der Waals surface area (Å²) in [5.41, 5.74) is 0.233. The summed E-state index contributed by atoms with van der Waals surface area (Å²) >= 11 is 0. The van der Waals surface area contributed by atoms with Gasteiger partial charge in [-0.15, -0.1) is 0 Å². The lowest BCUT2D eigenvalue weighted by Crippen LogP contribution is -2.21. The molecular weight excluding hydrogens is 300 g/mol. The zero-order chi connectivity index (χ0) is 16.6. The van der Waals surface area contributed by atoms with E-state index >= 15 is 0 Å². The molecule has 0 bridgehead atoms. The summed E-state index contributed by atoms with van der Waals surface area (Å²) in [6.45, 7) is 8.01. The maximum absolute atomic E-state index is 13.8. The lowest BCUT2D eigenvalue weighted by molar-refractivity contribution is 0.302. The lowest BCUT2D eigenvalue weighted by atomic mass is 9.96. The monoisotopic (exact) mass is 321 g/mol. The van der Waals surface area contributed by atoms with Crippen molar-refractivity contribution in [2.24, 2.45) is 0 Å². The highest BCUT2D eigenvalue weighted by molar-refractivity contribution is 5.19. The molecule has 0 amide bonds. The SMILES string of the molecule is CC(C)(C)c1noc([C@H]2CCN(Cc3cccc(F)c3F)C2)n1. The van der Waals surface area contributed by atoms with Gasteiger partial charge in [0.1, 0.15) is 0 Å². The molecule has 1 aromatic carbocycles. The molecule has 6 heteroatoms. The molecule has 0 spiro atoms. The third-order valence-electron chi connectivity index (χ3n) is 4.16. The second-order valence-electron chi connectivity index (χ2n) is 7.14. The van der Waals surface area contributed by atoms with Crippen LogP contribution in [0.4, 0.5) is 8.78 Å². The van der Waals surface area contributed by atoms with Crippen molar-refractivity contribution in [1.82, 2.24) is 15.0 Å². The molecule has 1 aliphatic heterocycles. The first-order chi connectivity index (χ1) is 10.8. The summed E-state index contributed by atoms with van der Waals surface area (Å²) in [7, 11) is 0. The standard InChI is InChI=1S/C17H21F2N3O/c1-17(2,3)16-20-15(23-21-16)12-7-8-22(10-12)9-11-5-4-6-13(18)14(11)19/h4-6,12H,7-10H2,1-3H3/t12-/m0/s1. The Labute approximate surface area is 134 Å². The Morgan fingerprint density at radius 1 is 1.30 bits per heavy atom. The molecule has 0 radical (unpaired) electrons. The number of likely N-dealkylation sites (tertiary alicyclic amines) is 1. The van der Waals surface area contributed by atoms with E-state index in [2.05, 4.69) is 15.0 Å². The molecule has 4 nitrogen and oxygen atoms in total. The molecule has 1 fully saturated rings. The molecule has 0 unspecified atom stereocenters. The number of rotatable bonds is 3. The number of nitrogens with zero attached hydrogens (tertiary/aromatic N) is 3. The van der Waals surface area contributed by atoms with Crippen molar-refractivity contribution in [2.45, 2.75) is 45.1 Å². The highest BCUT2D eigenvalue weighted by Gasteiger charge is 2.30. The van der Waals surface area contributed by atoms with Crippen LogP contribution < -0.4 is 0 Å². The van der Waals surface area contributed by atoms with E-state index in [1.165, 1.54) is 6.07 Å². The lowest BCUT2D eigenvalue weighted by Gasteiger charge is -2.15. The van der Waals surface area contributed by atoms with Crippen molar-refractivity contribution >= 4 is 0 Å². The van der Waals surface area contributed by atoms with Crippen molar-refractivity contribution in [3.63, 3.8) is 0 Å². The smallest absolute Gasteiger partial charge is 0.231 e. The van der Waals surface area contributed by atoms with Gasteiger partial charge in [-0.05, 0) is 19.0 Å².